The highest BCUT2D eigenvalue weighted by molar-refractivity contribution is 5.14. The molecule has 0 radical (unpaired) electrons. The van der Waals surface area contributed by atoms with E-state index < -0.39 is 0 Å². The van der Waals surface area contributed by atoms with Crippen molar-refractivity contribution in [2.75, 3.05) is 0 Å². The molecule has 4 nitrogen and oxygen atoms in total. The number of pyridine rings is 1. The molecule has 78 valence electrons. The molecular weight excluding hydrogens is 190 g/mol. The van der Waals surface area contributed by atoms with Crippen LogP contribution in [0.2, 0.25) is 0 Å². The minimum atomic E-state index is 0.0174. The summed E-state index contributed by atoms with van der Waals surface area (Å²) in [6, 6.07) is 7.72. The van der Waals surface area contributed by atoms with Crippen LogP contribution in [0.25, 0.3) is 0 Å². The highest BCUT2D eigenvalue weighted by Gasteiger charge is 2.11. The lowest BCUT2D eigenvalue weighted by Crippen LogP contribution is -2.30. The van der Waals surface area contributed by atoms with Crippen molar-refractivity contribution < 1.29 is 4.42 Å². The molecule has 0 aliphatic rings. The average molecular weight is 203 g/mol. The smallest absolute Gasteiger partial charge is 0.0935 e. The molecule has 0 amide bonds. The lowest BCUT2D eigenvalue weighted by atomic mass is 10.1. The number of nitrogens with two attached hydrogens (primary N) is 1. The van der Waals surface area contributed by atoms with Crippen LogP contribution in [0, 0.1) is 0 Å². The van der Waals surface area contributed by atoms with Gasteiger partial charge in [-0.1, -0.05) is 6.07 Å². The maximum atomic E-state index is 5.50. The first-order valence-corrected chi connectivity index (χ1v) is 4.78. The zero-order chi connectivity index (χ0) is 10.5. The van der Waals surface area contributed by atoms with Crippen LogP contribution in [0.5, 0.6) is 0 Å². The summed E-state index contributed by atoms with van der Waals surface area (Å²) < 4.78 is 5.01. The third kappa shape index (κ3) is 2.43. The largest absolute Gasteiger partial charge is 0.472 e. The van der Waals surface area contributed by atoms with Gasteiger partial charge in [-0.05, 0) is 30.2 Å². The summed E-state index contributed by atoms with van der Waals surface area (Å²) in [5.74, 6) is 5.50. The molecule has 0 aromatic carbocycles. The number of hydrogen-bond donors (Lipinski definition) is 2. The van der Waals surface area contributed by atoms with Gasteiger partial charge < -0.3 is 4.42 Å². The maximum absolute atomic E-state index is 5.50. The maximum Gasteiger partial charge on any atom is 0.0935 e. The Hall–Kier alpha value is -1.65. The molecule has 0 aliphatic carbocycles. The fourth-order valence-electron chi connectivity index (χ4n) is 1.48. The number of hydrogen-bond acceptors (Lipinski definition) is 4. The van der Waals surface area contributed by atoms with Gasteiger partial charge >= 0.3 is 0 Å². The average Bonchev–Trinajstić information content (AvgIpc) is 2.80. The van der Waals surface area contributed by atoms with E-state index in [0.717, 1.165) is 17.7 Å². The third-order valence-corrected chi connectivity index (χ3v) is 2.27. The summed E-state index contributed by atoms with van der Waals surface area (Å²) >= 11 is 0. The molecular formula is C11H13N3O. The molecule has 0 bridgehead atoms. The molecule has 0 aliphatic heterocycles. The van der Waals surface area contributed by atoms with E-state index in [0.29, 0.717) is 0 Å². The Bertz CT molecular complexity index is 385. The van der Waals surface area contributed by atoms with Gasteiger partial charge in [0.1, 0.15) is 0 Å². The van der Waals surface area contributed by atoms with Gasteiger partial charge in [-0.25, -0.2) is 0 Å². The number of aromatic nitrogens is 1. The second kappa shape index (κ2) is 4.72. The van der Waals surface area contributed by atoms with Gasteiger partial charge in [0.15, 0.2) is 0 Å². The summed E-state index contributed by atoms with van der Waals surface area (Å²) in [5, 5.41) is 0. The quantitative estimate of drug-likeness (QED) is 0.582. The Balaban J connectivity index is 2.12. The van der Waals surface area contributed by atoms with E-state index in [2.05, 4.69) is 10.4 Å². The van der Waals surface area contributed by atoms with Gasteiger partial charge in [-0.2, -0.15) is 0 Å². The normalized spacial score (nSPS) is 12.6. The van der Waals surface area contributed by atoms with Crippen LogP contribution in [0.1, 0.15) is 17.3 Å². The van der Waals surface area contributed by atoms with E-state index in [-0.39, 0.29) is 6.04 Å². The molecule has 15 heavy (non-hydrogen) atoms. The molecule has 2 aromatic heterocycles. The Morgan fingerprint density at radius 1 is 1.40 bits per heavy atom. The highest BCUT2D eigenvalue weighted by atomic mass is 16.3. The lowest BCUT2D eigenvalue weighted by molar-refractivity contribution is 0.527. The summed E-state index contributed by atoms with van der Waals surface area (Å²) in [6.45, 7) is 0. The molecule has 4 heteroatoms. The first-order valence-electron chi connectivity index (χ1n) is 4.78. The Morgan fingerprint density at radius 2 is 2.33 bits per heavy atom. The fourth-order valence-corrected chi connectivity index (χ4v) is 1.48. The zero-order valence-corrected chi connectivity index (χ0v) is 8.26. The molecule has 1 unspecified atom stereocenters. The van der Waals surface area contributed by atoms with Gasteiger partial charge in [-0.15, -0.1) is 0 Å². The van der Waals surface area contributed by atoms with Crippen molar-refractivity contribution in [1.82, 2.24) is 10.4 Å². The van der Waals surface area contributed by atoms with Crippen LogP contribution >= 0.6 is 0 Å². The predicted molar refractivity (Wildman–Crippen MR) is 56.7 cm³/mol. The van der Waals surface area contributed by atoms with Crippen LogP contribution in [-0.2, 0) is 6.42 Å². The van der Waals surface area contributed by atoms with Gasteiger partial charge in [0.25, 0.3) is 0 Å². The Morgan fingerprint density at radius 3 is 2.93 bits per heavy atom. The molecule has 2 rings (SSSR count). The minimum absolute atomic E-state index is 0.0174. The van der Waals surface area contributed by atoms with E-state index in [1.54, 1.807) is 18.7 Å². The van der Waals surface area contributed by atoms with Crippen LogP contribution in [-0.4, -0.2) is 4.98 Å². The van der Waals surface area contributed by atoms with Crippen LogP contribution in [0.3, 0.4) is 0 Å². The summed E-state index contributed by atoms with van der Waals surface area (Å²) in [7, 11) is 0. The van der Waals surface area contributed by atoms with Crippen molar-refractivity contribution in [2.24, 2.45) is 5.84 Å². The van der Waals surface area contributed by atoms with Crippen LogP contribution < -0.4 is 11.3 Å². The SMILES string of the molecule is NNC(Cc1ccoc1)c1ccccn1. The van der Waals surface area contributed by atoms with E-state index in [9.17, 15) is 0 Å². The number of hydrazine groups is 1. The first kappa shape index (κ1) is 9.89. The second-order valence-corrected chi connectivity index (χ2v) is 3.31. The lowest BCUT2D eigenvalue weighted by Gasteiger charge is -2.13. The van der Waals surface area contributed by atoms with Gasteiger partial charge in [0, 0.05) is 6.20 Å². The topological polar surface area (TPSA) is 64.1 Å². The number of rotatable bonds is 4. The Kier molecular flexibility index (Phi) is 3.11. The highest BCUT2D eigenvalue weighted by Crippen LogP contribution is 2.15. The van der Waals surface area contributed by atoms with E-state index >= 15 is 0 Å². The van der Waals surface area contributed by atoms with E-state index in [1.165, 1.54) is 0 Å². The molecule has 0 saturated heterocycles. The van der Waals surface area contributed by atoms with Crippen molar-refractivity contribution >= 4 is 0 Å². The number of furan rings is 1. The fraction of sp³-hybridized carbons (Fsp3) is 0.182. The van der Waals surface area contributed by atoms with Crippen molar-refractivity contribution in [3.63, 3.8) is 0 Å². The molecule has 0 spiro atoms. The van der Waals surface area contributed by atoms with Crippen molar-refractivity contribution in [1.29, 1.82) is 0 Å². The Labute approximate surface area is 88.1 Å². The molecule has 1 atom stereocenters. The zero-order valence-electron chi connectivity index (χ0n) is 8.26. The van der Waals surface area contributed by atoms with Crippen LogP contribution in [0.15, 0.2) is 47.4 Å². The van der Waals surface area contributed by atoms with Gasteiger partial charge in [0.2, 0.25) is 0 Å². The molecule has 3 N–H and O–H groups in total. The van der Waals surface area contributed by atoms with E-state index in [1.807, 2.05) is 24.3 Å². The third-order valence-electron chi connectivity index (χ3n) is 2.27. The van der Waals surface area contributed by atoms with E-state index in [4.69, 9.17) is 10.3 Å². The molecule has 0 fully saturated rings. The summed E-state index contributed by atoms with van der Waals surface area (Å²) in [4.78, 5) is 4.26. The summed E-state index contributed by atoms with van der Waals surface area (Å²) in [5.41, 5.74) is 4.78. The number of nitrogens with zero attached hydrogens (tertiary/aromatic N) is 1. The number of nitrogens with one attached hydrogen (secondary N) is 1. The minimum Gasteiger partial charge on any atom is -0.472 e. The molecule has 2 aromatic rings. The molecule has 0 saturated carbocycles. The monoisotopic (exact) mass is 203 g/mol. The van der Waals surface area contributed by atoms with Crippen LogP contribution in [0.4, 0.5) is 0 Å². The van der Waals surface area contributed by atoms with Gasteiger partial charge in [-0.3, -0.25) is 16.3 Å². The van der Waals surface area contributed by atoms with Gasteiger partial charge in [0.05, 0.1) is 24.3 Å². The van der Waals surface area contributed by atoms with Crippen molar-refractivity contribution in [3.05, 3.63) is 54.2 Å². The standard InChI is InChI=1S/C11H13N3O/c12-14-11(7-9-4-6-15-8-9)10-3-1-2-5-13-10/h1-6,8,11,14H,7,12H2. The predicted octanol–water partition coefficient (Wildman–Crippen LogP) is 1.42. The van der Waals surface area contributed by atoms with Crippen molar-refractivity contribution in [2.45, 2.75) is 12.5 Å². The second-order valence-electron chi connectivity index (χ2n) is 3.31. The molecule has 2 heterocycles. The summed E-state index contributed by atoms with van der Waals surface area (Å²) in [6.07, 6.45) is 5.90. The first-order chi connectivity index (χ1) is 7.40. The van der Waals surface area contributed by atoms with Crippen molar-refractivity contribution in [3.8, 4) is 0 Å².